The molecule has 0 saturated carbocycles. The molecule has 11 heteroatoms. The summed E-state index contributed by atoms with van der Waals surface area (Å²) < 4.78 is 63.0. The molecule has 0 aliphatic carbocycles. The zero-order valence-corrected chi connectivity index (χ0v) is 26.6. The number of esters is 1. The first-order chi connectivity index (χ1) is 22.4. The molecular weight excluding hydrogens is 611 g/mol. The molecule has 1 fully saturated rings. The highest BCUT2D eigenvalue weighted by Crippen LogP contribution is 2.44. The van der Waals surface area contributed by atoms with Gasteiger partial charge >= 0.3 is 12.1 Å². The molecule has 2 heterocycles. The largest absolute Gasteiger partial charge is 0.493 e. The molecule has 1 atom stereocenters. The molecule has 3 aromatic carbocycles. The lowest BCUT2D eigenvalue weighted by molar-refractivity contribution is -0.272. The van der Waals surface area contributed by atoms with Gasteiger partial charge < -0.3 is 23.9 Å². The van der Waals surface area contributed by atoms with Crippen LogP contribution in [0.4, 0.5) is 13.2 Å². The van der Waals surface area contributed by atoms with E-state index in [1.54, 1.807) is 40.7 Å². The van der Waals surface area contributed by atoms with E-state index >= 15 is 0 Å². The van der Waals surface area contributed by atoms with Crippen molar-refractivity contribution in [3.8, 4) is 17.6 Å². The number of hydrogen-bond acceptors (Lipinski definition) is 7. The van der Waals surface area contributed by atoms with E-state index in [0.29, 0.717) is 41.0 Å². The van der Waals surface area contributed by atoms with Gasteiger partial charge in [0.15, 0.2) is 11.5 Å². The van der Waals surface area contributed by atoms with Crippen molar-refractivity contribution in [2.45, 2.75) is 57.5 Å². The Morgan fingerprint density at radius 1 is 1.02 bits per heavy atom. The van der Waals surface area contributed by atoms with Crippen molar-refractivity contribution in [3.63, 3.8) is 0 Å². The molecule has 1 aliphatic heterocycles. The number of carbonyl (C=O) groups is 1. The molecule has 0 spiro atoms. The normalized spacial score (nSPS) is 15.6. The average molecular weight is 650 g/mol. The van der Waals surface area contributed by atoms with Crippen LogP contribution in [0.2, 0.25) is 0 Å². The number of nitriles is 1. The van der Waals surface area contributed by atoms with Gasteiger partial charge in [0.1, 0.15) is 6.10 Å². The molecule has 47 heavy (non-hydrogen) atoms. The van der Waals surface area contributed by atoms with Crippen molar-refractivity contribution >= 4 is 16.9 Å². The number of aromatic nitrogens is 1. The summed E-state index contributed by atoms with van der Waals surface area (Å²) in [5.41, 5.74) is -0.0113. The van der Waals surface area contributed by atoms with Gasteiger partial charge in [0, 0.05) is 43.3 Å². The molecule has 5 rings (SSSR count). The van der Waals surface area contributed by atoms with Gasteiger partial charge in [0.25, 0.3) is 0 Å². The van der Waals surface area contributed by atoms with Crippen molar-refractivity contribution < 1.29 is 37.3 Å². The predicted molar refractivity (Wildman–Crippen MR) is 170 cm³/mol. The van der Waals surface area contributed by atoms with E-state index in [0.717, 1.165) is 11.1 Å². The minimum atomic E-state index is -4.98. The van der Waals surface area contributed by atoms with Crippen molar-refractivity contribution in [3.05, 3.63) is 94.7 Å². The quantitative estimate of drug-likeness (QED) is 0.191. The number of likely N-dealkylation sites (tertiary alicyclic amines) is 1. The van der Waals surface area contributed by atoms with Crippen LogP contribution in [-0.2, 0) is 28.1 Å². The Balaban J connectivity index is 1.34. The average Bonchev–Trinajstić information content (AvgIpc) is 3.41. The number of β-amino-alcohol motifs (C(OH)–C–C–N with tert-alkyl or cyclic N) is 1. The van der Waals surface area contributed by atoms with Crippen LogP contribution in [0.25, 0.3) is 10.9 Å². The fourth-order valence-electron chi connectivity index (χ4n) is 6.03. The van der Waals surface area contributed by atoms with Gasteiger partial charge in [-0.3, -0.25) is 9.69 Å². The van der Waals surface area contributed by atoms with Crippen LogP contribution < -0.4 is 9.47 Å². The first-order valence-corrected chi connectivity index (χ1v) is 15.5. The number of ether oxygens (including phenoxy) is 3. The number of alkyl halides is 3. The molecule has 0 amide bonds. The lowest BCUT2D eigenvalue weighted by atomic mass is 9.90. The number of aryl methyl sites for hydroxylation is 1. The Bertz CT molecular complexity index is 1750. The van der Waals surface area contributed by atoms with Crippen molar-refractivity contribution in [1.82, 2.24) is 9.47 Å². The number of hydrogen-bond donors (Lipinski definition) is 1. The van der Waals surface area contributed by atoms with E-state index in [1.165, 1.54) is 25.4 Å². The zero-order valence-electron chi connectivity index (χ0n) is 26.6. The van der Waals surface area contributed by atoms with Gasteiger partial charge in [-0.05, 0) is 62.1 Å². The van der Waals surface area contributed by atoms with E-state index in [1.807, 2.05) is 31.2 Å². The van der Waals surface area contributed by atoms with Crippen molar-refractivity contribution in [2.24, 2.45) is 0 Å². The van der Waals surface area contributed by atoms with E-state index in [9.17, 15) is 28.3 Å². The van der Waals surface area contributed by atoms with Gasteiger partial charge in [-0.1, -0.05) is 42.0 Å². The molecular formula is C36H38F3N3O5. The third kappa shape index (κ3) is 7.56. The Kier molecular flexibility index (Phi) is 10.1. The minimum Gasteiger partial charge on any atom is -0.493 e. The second-order valence-electron chi connectivity index (χ2n) is 11.9. The maximum absolute atomic E-state index is 14.9. The third-order valence-corrected chi connectivity index (χ3v) is 8.56. The summed E-state index contributed by atoms with van der Waals surface area (Å²) in [6.07, 6.45) is -2.93. The fourth-order valence-corrected chi connectivity index (χ4v) is 6.03. The van der Waals surface area contributed by atoms with Crippen LogP contribution in [0.1, 0.15) is 47.6 Å². The lowest BCUT2D eigenvalue weighted by Crippen LogP contribution is -2.53. The monoisotopic (exact) mass is 649 g/mol. The van der Waals surface area contributed by atoms with Gasteiger partial charge in [-0.2, -0.15) is 18.4 Å². The summed E-state index contributed by atoms with van der Waals surface area (Å²) >= 11 is 0. The fraction of sp³-hybridized carbons (Fsp3) is 0.389. The van der Waals surface area contributed by atoms with Crippen molar-refractivity contribution in [2.75, 3.05) is 33.4 Å². The summed E-state index contributed by atoms with van der Waals surface area (Å²) in [4.78, 5) is 13.5. The number of methoxy groups -OCH3 is 1. The molecule has 1 saturated heterocycles. The molecule has 4 aromatic rings. The Morgan fingerprint density at radius 2 is 1.72 bits per heavy atom. The first-order valence-electron chi connectivity index (χ1n) is 15.5. The molecule has 1 N–H and O–H groups in total. The van der Waals surface area contributed by atoms with Gasteiger partial charge in [0.2, 0.25) is 5.60 Å². The third-order valence-electron chi connectivity index (χ3n) is 8.56. The number of benzene rings is 3. The minimum absolute atomic E-state index is 0.0924. The summed E-state index contributed by atoms with van der Waals surface area (Å²) in [7, 11) is 1.50. The van der Waals surface area contributed by atoms with Crippen LogP contribution in [0.15, 0.2) is 66.9 Å². The number of aliphatic hydroxyl groups is 1. The summed E-state index contributed by atoms with van der Waals surface area (Å²) in [5.74, 6) is 0.572. The summed E-state index contributed by atoms with van der Waals surface area (Å²) in [5, 5.41) is 21.3. The highest BCUT2D eigenvalue weighted by Gasteiger charge is 2.57. The van der Waals surface area contributed by atoms with Crippen LogP contribution in [0.3, 0.4) is 0 Å². The SMILES string of the molecule is CCOC(=O)Cc1ccc(OC2CCN(CC(O)(c3cn(Cc4ccc(C)cc4)c4cc(C#N)ccc34)C(F)(F)F)CC2)c(OC)c1. The highest BCUT2D eigenvalue weighted by molar-refractivity contribution is 5.86. The standard InChI is InChI=1S/C36H38F3N3O5/c1-4-46-34(43)19-26-10-12-32(33(18-26)45-3)47-28-13-15-41(16-14-28)23-35(44,36(37,38)39)30-22-42(21-25-7-5-24(2)6-8-25)31-17-27(20-40)9-11-29(30)31/h5-12,17-18,22,28,44H,4,13-16,19,21,23H2,1-3H3. The number of halogens is 3. The van der Waals surface area contributed by atoms with Gasteiger partial charge in [0.05, 0.1) is 37.3 Å². The second kappa shape index (κ2) is 14.1. The smallest absolute Gasteiger partial charge is 0.422 e. The van der Waals surface area contributed by atoms with Crippen LogP contribution in [-0.4, -0.2) is 66.2 Å². The Labute approximate surface area is 271 Å². The van der Waals surface area contributed by atoms with Crippen LogP contribution >= 0.6 is 0 Å². The number of fused-ring (bicyclic) bond motifs is 1. The van der Waals surface area contributed by atoms with E-state index in [2.05, 4.69) is 6.07 Å². The Morgan fingerprint density at radius 3 is 2.36 bits per heavy atom. The van der Waals surface area contributed by atoms with Crippen molar-refractivity contribution in [1.29, 1.82) is 5.26 Å². The zero-order chi connectivity index (χ0) is 33.8. The maximum atomic E-state index is 14.9. The predicted octanol–water partition coefficient (Wildman–Crippen LogP) is 6.28. The van der Waals surface area contributed by atoms with Crippen LogP contribution in [0.5, 0.6) is 11.5 Å². The second-order valence-corrected chi connectivity index (χ2v) is 11.9. The number of rotatable bonds is 11. The van der Waals surface area contributed by atoms with E-state index < -0.39 is 18.3 Å². The van der Waals surface area contributed by atoms with Crippen LogP contribution in [0, 0.1) is 18.3 Å². The number of carbonyl (C=O) groups excluding carboxylic acids is 1. The molecule has 8 nitrogen and oxygen atoms in total. The number of piperidine rings is 1. The van der Waals surface area contributed by atoms with E-state index in [-0.39, 0.29) is 55.7 Å². The topological polar surface area (TPSA) is 97.0 Å². The van der Waals surface area contributed by atoms with Gasteiger partial charge in [-0.15, -0.1) is 0 Å². The number of nitrogens with zero attached hydrogens (tertiary/aromatic N) is 3. The maximum Gasteiger partial charge on any atom is 0.422 e. The van der Waals surface area contributed by atoms with Gasteiger partial charge in [-0.25, -0.2) is 0 Å². The molecule has 1 unspecified atom stereocenters. The molecule has 1 aromatic heterocycles. The molecule has 0 radical (unpaired) electrons. The molecule has 248 valence electrons. The Hall–Kier alpha value is -4.53. The molecule has 0 bridgehead atoms. The summed E-state index contributed by atoms with van der Waals surface area (Å²) in [6, 6.07) is 19.4. The highest BCUT2D eigenvalue weighted by atomic mass is 19.4. The molecule has 1 aliphatic rings. The first kappa shape index (κ1) is 33.8. The van der Waals surface area contributed by atoms with E-state index in [4.69, 9.17) is 14.2 Å². The summed E-state index contributed by atoms with van der Waals surface area (Å²) in [6.45, 7) is 4.14. The lowest BCUT2D eigenvalue weighted by Gasteiger charge is -2.39.